The molecule has 2 amide bonds. The molecule has 206 valence electrons. The first-order chi connectivity index (χ1) is 18.4. The number of carbonyl (C=O) groups excluding carboxylic acids is 2. The number of benzene rings is 1. The fourth-order valence-electron chi connectivity index (χ4n) is 4.85. The lowest BCUT2D eigenvalue weighted by molar-refractivity contribution is -0.200. The van der Waals surface area contributed by atoms with E-state index in [1.807, 2.05) is 6.07 Å². The SMILES string of the molecule is COc1ncc(-c2ccc(S(=O)(=O)[C@H]3CN[C@H](C(=O)N(C(=O)C4(C(F)(F)F)CC4)C4(C#N)CC4)C3)cc2)cn1. The highest BCUT2D eigenvalue weighted by molar-refractivity contribution is 7.92. The number of rotatable bonds is 7. The molecule has 1 N–H and O–H groups in total. The lowest BCUT2D eigenvalue weighted by atomic mass is 10.0. The topological polar surface area (TPSA) is 142 Å². The molecule has 2 atom stereocenters. The fraction of sp³-hybridized carbons (Fsp3) is 0.480. The van der Waals surface area contributed by atoms with Crippen LogP contribution in [-0.2, 0) is 19.4 Å². The standard InChI is InChI=1S/C25H24F3N5O5S/c1-38-22-31-11-16(12-32-22)15-2-4-17(5-3-15)39(36,37)18-10-19(30-13-18)20(34)33(23(14-29)6-7-23)21(35)24(8-9-24)25(26,27)28/h2-5,11-12,18-19,30H,6-10,13H2,1H3/t18-,19+/m1/s1. The maximum Gasteiger partial charge on any atom is 0.403 e. The molecule has 1 saturated heterocycles. The van der Waals surface area contributed by atoms with E-state index in [2.05, 4.69) is 15.3 Å². The van der Waals surface area contributed by atoms with Crippen molar-refractivity contribution >= 4 is 21.7 Å². The first kappa shape index (κ1) is 27.0. The lowest BCUT2D eigenvalue weighted by Crippen LogP contribution is -2.56. The number of nitriles is 1. The van der Waals surface area contributed by atoms with Gasteiger partial charge in [-0.15, -0.1) is 0 Å². The number of hydrogen-bond acceptors (Lipinski definition) is 9. The van der Waals surface area contributed by atoms with Crippen molar-refractivity contribution in [1.29, 1.82) is 5.26 Å². The molecule has 0 radical (unpaired) electrons. The second-order valence-electron chi connectivity index (χ2n) is 10.0. The van der Waals surface area contributed by atoms with Gasteiger partial charge in [-0.25, -0.2) is 18.4 Å². The van der Waals surface area contributed by atoms with Crippen molar-refractivity contribution in [2.24, 2.45) is 5.41 Å². The number of nitrogens with zero attached hydrogens (tertiary/aromatic N) is 4. The van der Waals surface area contributed by atoms with E-state index in [4.69, 9.17) is 4.74 Å². The smallest absolute Gasteiger partial charge is 0.403 e. The van der Waals surface area contributed by atoms with E-state index in [1.54, 1.807) is 12.1 Å². The number of carbonyl (C=O) groups is 2. The van der Waals surface area contributed by atoms with Gasteiger partial charge < -0.3 is 10.1 Å². The Balaban J connectivity index is 1.33. The molecule has 39 heavy (non-hydrogen) atoms. The Morgan fingerprint density at radius 1 is 1.10 bits per heavy atom. The molecule has 2 aliphatic carbocycles. The van der Waals surface area contributed by atoms with Crippen LogP contribution in [0.15, 0.2) is 41.6 Å². The molecule has 0 spiro atoms. The van der Waals surface area contributed by atoms with Gasteiger partial charge >= 0.3 is 12.2 Å². The predicted octanol–water partition coefficient (Wildman–Crippen LogP) is 2.41. The zero-order valence-electron chi connectivity index (χ0n) is 20.7. The molecule has 5 rings (SSSR count). The number of imide groups is 1. The van der Waals surface area contributed by atoms with Crippen LogP contribution in [0, 0.1) is 16.7 Å². The van der Waals surface area contributed by atoms with Crippen molar-refractivity contribution in [3.8, 4) is 23.2 Å². The Morgan fingerprint density at radius 3 is 2.21 bits per heavy atom. The lowest BCUT2D eigenvalue weighted by Gasteiger charge is -2.32. The zero-order valence-corrected chi connectivity index (χ0v) is 21.6. The normalized spacial score (nSPS) is 22.9. The van der Waals surface area contributed by atoms with Crippen LogP contribution < -0.4 is 10.1 Å². The third kappa shape index (κ3) is 4.53. The number of nitrogens with one attached hydrogen (secondary N) is 1. The molecule has 14 heteroatoms. The van der Waals surface area contributed by atoms with E-state index in [-0.39, 0.29) is 36.7 Å². The first-order valence-corrected chi connectivity index (χ1v) is 13.7. The van der Waals surface area contributed by atoms with Gasteiger partial charge in [0.25, 0.3) is 0 Å². The minimum absolute atomic E-state index is 0.00166. The van der Waals surface area contributed by atoms with Gasteiger partial charge in [-0.1, -0.05) is 12.1 Å². The number of amides is 2. The third-order valence-electron chi connectivity index (χ3n) is 7.64. The number of alkyl halides is 3. The Hall–Kier alpha value is -3.57. The van der Waals surface area contributed by atoms with Crippen LogP contribution in [0.4, 0.5) is 13.2 Å². The Morgan fingerprint density at radius 2 is 1.72 bits per heavy atom. The number of halogens is 3. The van der Waals surface area contributed by atoms with Gasteiger partial charge in [0.05, 0.1) is 29.4 Å². The largest absolute Gasteiger partial charge is 0.467 e. The van der Waals surface area contributed by atoms with E-state index in [0.29, 0.717) is 16.0 Å². The van der Waals surface area contributed by atoms with E-state index in [0.717, 1.165) is 0 Å². The van der Waals surface area contributed by atoms with Crippen LogP contribution in [0.2, 0.25) is 0 Å². The number of ether oxygens (including phenoxy) is 1. The second kappa shape index (κ2) is 9.27. The summed E-state index contributed by atoms with van der Waals surface area (Å²) in [5, 5.41) is 11.3. The minimum Gasteiger partial charge on any atom is -0.467 e. The maximum absolute atomic E-state index is 13.7. The van der Waals surface area contributed by atoms with Crippen molar-refractivity contribution in [3.63, 3.8) is 0 Å². The highest BCUT2D eigenvalue weighted by atomic mass is 32.2. The molecule has 3 fully saturated rings. The third-order valence-corrected chi connectivity index (χ3v) is 9.81. The number of hydrogen-bond donors (Lipinski definition) is 1. The average Bonchev–Trinajstić information content (AvgIpc) is 3.85. The predicted molar refractivity (Wildman–Crippen MR) is 129 cm³/mol. The van der Waals surface area contributed by atoms with Crippen LogP contribution in [0.1, 0.15) is 32.1 Å². The number of aromatic nitrogens is 2. The van der Waals surface area contributed by atoms with Crippen molar-refractivity contribution in [2.45, 2.75) is 60.0 Å². The Bertz CT molecular complexity index is 1450. The highest BCUT2D eigenvalue weighted by Crippen LogP contribution is 2.60. The van der Waals surface area contributed by atoms with Gasteiger partial charge in [-0.05, 0) is 49.8 Å². The van der Waals surface area contributed by atoms with Crippen LogP contribution in [-0.4, -0.2) is 71.8 Å². The highest BCUT2D eigenvalue weighted by Gasteiger charge is 2.72. The minimum atomic E-state index is -4.85. The van der Waals surface area contributed by atoms with Gasteiger partial charge in [0.15, 0.2) is 9.84 Å². The number of methoxy groups -OCH3 is 1. The summed E-state index contributed by atoms with van der Waals surface area (Å²) in [6.45, 7) is -0.140. The van der Waals surface area contributed by atoms with Crippen LogP contribution in [0.3, 0.4) is 0 Å². The zero-order chi connectivity index (χ0) is 28.2. The van der Waals surface area contributed by atoms with Gasteiger partial charge in [-0.2, -0.15) is 18.4 Å². The number of sulfone groups is 1. The van der Waals surface area contributed by atoms with Gasteiger partial charge in [0.1, 0.15) is 11.0 Å². The summed E-state index contributed by atoms with van der Waals surface area (Å²) in [7, 11) is -2.51. The molecule has 1 aliphatic heterocycles. The summed E-state index contributed by atoms with van der Waals surface area (Å²) < 4.78 is 72.6. The first-order valence-electron chi connectivity index (χ1n) is 12.2. The van der Waals surface area contributed by atoms with E-state index in [1.165, 1.54) is 31.6 Å². The summed E-state index contributed by atoms with van der Waals surface area (Å²) in [6.07, 6.45) is -2.80. The molecular weight excluding hydrogens is 539 g/mol. The summed E-state index contributed by atoms with van der Waals surface area (Å²) in [4.78, 5) is 35.0. The van der Waals surface area contributed by atoms with Gasteiger partial charge in [-0.3, -0.25) is 14.5 Å². The summed E-state index contributed by atoms with van der Waals surface area (Å²) in [5.41, 5.74) is -3.01. The molecule has 10 nitrogen and oxygen atoms in total. The van der Waals surface area contributed by atoms with Crippen LogP contribution in [0.5, 0.6) is 6.01 Å². The molecule has 0 unspecified atom stereocenters. The van der Waals surface area contributed by atoms with Crippen molar-refractivity contribution in [2.75, 3.05) is 13.7 Å². The second-order valence-corrected chi connectivity index (χ2v) is 12.3. The molecular formula is C25H24F3N5O5S. The van der Waals surface area contributed by atoms with Crippen molar-refractivity contribution < 1.29 is 35.9 Å². The average molecular weight is 564 g/mol. The molecule has 1 aromatic heterocycles. The molecule has 2 saturated carbocycles. The van der Waals surface area contributed by atoms with Crippen molar-refractivity contribution in [1.82, 2.24) is 20.2 Å². The van der Waals surface area contributed by atoms with Gasteiger partial charge in [0, 0.05) is 24.5 Å². The fourth-order valence-corrected chi connectivity index (χ4v) is 6.51. The van der Waals surface area contributed by atoms with Crippen LogP contribution >= 0.6 is 0 Å². The van der Waals surface area contributed by atoms with E-state index >= 15 is 0 Å². The molecule has 2 aromatic rings. The Labute approximate surface area is 222 Å². The van der Waals surface area contributed by atoms with E-state index in [9.17, 15) is 36.4 Å². The molecule has 3 aliphatic rings. The monoisotopic (exact) mass is 563 g/mol. The summed E-state index contributed by atoms with van der Waals surface area (Å²) in [5.74, 6) is -2.42. The van der Waals surface area contributed by atoms with Crippen molar-refractivity contribution in [3.05, 3.63) is 36.7 Å². The molecule has 0 bridgehead atoms. The van der Waals surface area contributed by atoms with Gasteiger partial charge in [0.2, 0.25) is 11.8 Å². The van der Waals surface area contributed by atoms with E-state index < -0.39 is 62.9 Å². The summed E-state index contributed by atoms with van der Waals surface area (Å²) in [6, 6.07) is 6.79. The quantitative estimate of drug-likeness (QED) is 0.503. The van der Waals surface area contributed by atoms with Crippen LogP contribution in [0.25, 0.3) is 11.1 Å². The summed E-state index contributed by atoms with van der Waals surface area (Å²) >= 11 is 0. The molecule has 1 aromatic carbocycles. The molecule has 2 heterocycles. The Kier molecular flexibility index (Phi) is 6.42. The maximum atomic E-state index is 13.7.